The quantitative estimate of drug-likeness (QED) is 0.692. The predicted octanol–water partition coefficient (Wildman–Crippen LogP) is 1.06. The fourth-order valence-corrected chi connectivity index (χ4v) is 5.04. The maximum absolute atomic E-state index is 6.08. The highest BCUT2D eigenvalue weighted by Crippen LogP contribution is 2.16. The third-order valence-corrected chi connectivity index (χ3v) is 6.37. The molecule has 2 rings (SSSR count). The van der Waals surface area contributed by atoms with Gasteiger partial charge in [0.2, 0.25) is 0 Å². The lowest BCUT2D eigenvalue weighted by atomic mass is 10.1. The molecule has 17 heavy (non-hydrogen) atoms. The van der Waals surface area contributed by atoms with Crippen molar-refractivity contribution in [2.75, 3.05) is 52.6 Å². The molecule has 0 atom stereocenters. The topological polar surface area (TPSA) is 24.9 Å². The highest BCUT2D eigenvalue weighted by atomic mass is 28.4. The normalized spacial score (nSPS) is 28.6. The minimum atomic E-state index is -1.94. The molecule has 2 aliphatic heterocycles. The molecule has 0 aliphatic carbocycles. The van der Waals surface area contributed by atoms with Crippen molar-refractivity contribution in [3.63, 3.8) is 0 Å². The zero-order valence-corrected chi connectivity index (χ0v) is 12.3. The maximum Gasteiger partial charge on any atom is 0.349 e. The van der Waals surface area contributed by atoms with Crippen LogP contribution in [0.4, 0.5) is 0 Å². The summed E-state index contributed by atoms with van der Waals surface area (Å²) in [6.45, 7) is 8.41. The van der Waals surface area contributed by atoms with Gasteiger partial charge in [0.1, 0.15) is 0 Å². The molecule has 2 aliphatic rings. The first kappa shape index (κ1) is 13.5. The molecular formula is C12H26N2O2Si. The minimum Gasteiger partial charge on any atom is -0.392 e. The smallest absolute Gasteiger partial charge is 0.349 e. The molecule has 0 N–H and O–H groups in total. The molecule has 0 radical (unpaired) electrons. The lowest BCUT2D eigenvalue weighted by molar-refractivity contribution is 0.0958. The Bertz CT molecular complexity index is 225. The van der Waals surface area contributed by atoms with Crippen LogP contribution in [0.1, 0.15) is 19.3 Å². The third kappa shape index (κ3) is 4.33. The summed E-state index contributed by atoms with van der Waals surface area (Å²) in [6.07, 6.45) is 5.12. The first-order valence-electron chi connectivity index (χ1n) is 6.87. The standard InChI is InChI=1S/C12H26N2O2Si/c1-13-8-10-15-17(2,16-11-9-13)12-14-6-4-3-5-7-14/h3-12H2,1-2H3. The minimum absolute atomic E-state index is 0.826. The van der Waals surface area contributed by atoms with Crippen LogP contribution in [0.15, 0.2) is 0 Å². The zero-order chi connectivity index (χ0) is 12.1. The Morgan fingerprint density at radius 1 is 0.941 bits per heavy atom. The number of piperidine rings is 1. The Hall–Kier alpha value is 0.0569. The molecule has 2 fully saturated rings. The second-order valence-electron chi connectivity index (χ2n) is 5.47. The van der Waals surface area contributed by atoms with Crippen LogP contribution in [0.5, 0.6) is 0 Å². The second kappa shape index (κ2) is 6.29. The summed E-state index contributed by atoms with van der Waals surface area (Å²) in [6, 6.07) is 0. The first-order valence-corrected chi connectivity index (χ1v) is 9.39. The number of nitrogens with zero attached hydrogens (tertiary/aromatic N) is 2. The number of hydrogen-bond donors (Lipinski definition) is 0. The molecule has 100 valence electrons. The molecule has 2 heterocycles. The Kier molecular flexibility index (Phi) is 4.99. The molecule has 0 amide bonds. The van der Waals surface area contributed by atoms with Crippen molar-refractivity contribution in [2.24, 2.45) is 0 Å². The summed E-state index contributed by atoms with van der Waals surface area (Å²) in [5, 5.41) is 0. The summed E-state index contributed by atoms with van der Waals surface area (Å²) in [5.74, 6) is 0. The van der Waals surface area contributed by atoms with E-state index in [0.29, 0.717) is 0 Å². The summed E-state index contributed by atoms with van der Waals surface area (Å²) in [5.41, 5.74) is 0. The summed E-state index contributed by atoms with van der Waals surface area (Å²) in [7, 11) is 0.190. The average molecular weight is 258 g/mol. The van der Waals surface area contributed by atoms with Crippen LogP contribution in [0, 0.1) is 0 Å². The van der Waals surface area contributed by atoms with E-state index in [4.69, 9.17) is 8.85 Å². The summed E-state index contributed by atoms with van der Waals surface area (Å²) in [4.78, 5) is 4.82. The van der Waals surface area contributed by atoms with Crippen molar-refractivity contribution in [1.82, 2.24) is 9.80 Å². The van der Waals surface area contributed by atoms with Gasteiger partial charge in [0.15, 0.2) is 0 Å². The molecule has 0 unspecified atom stereocenters. The SMILES string of the molecule is CN1CCO[Si](C)(CN2CCCCC2)OCC1. The van der Waals surface area contributed by atoms with Gasteiger partial charge in [0.05, 0.1) is 0 Å². The van der Waals surface area contributed by atoms with Crippen LogP contribution in [0.3, 0.4) is 0 Å². The van der Waals surface area contributed by atoms with E-state index in [1.807, 2.05) is 0 Å². The van der Waals surface area contributed by atoms with Crippen LogP contribution in [0.2, 0.25) is 6.55 Å². The van der Waals surface area contributed by atoms with Gasteiger partial charge in [-0.2, -0.15) is 0 Å². The van der Waals surface area contributed by atoms with E-state index in [0.717, 1.165) is 32.5 Å². The number of likely N-dealkylation sites (tertiary alicyclic amines) is 1. The van der Waals surface area contributed by atoms with Crippen LogP contribution in [-0.2, 0) is 8.85 Å². The van der Waals surface area contributed by atoms with E-state index in [-0.39, 0.29) is 0 Å². The summed E-state index contributed by atoms with van der Waals surface area (Å²) < 4.78 is 12.2. The molecule has 0 bridgehead atoms. The lowest BCUT2D eigenvalue weighted by Crippen LogP contribution is -2.54. The molecule has 2 saturated heterocycles. The van der Waals surface area contributed by atoms with Crippen LogP contribution in [-0.4, -0.2) is 71.0 Å². The molecular weight excluding hydrogens is 232 g/mol. The van der Waals surface area contributed by atoms with Crippen molar-refractivity contribution >= 4 is 8.56 Å². The molecule has 4 nitrogen and oxygen atoms in total. The third-order valence-electron chi connectivity index (χ3n) is 3.72. The summed E-state index contributed by atoms with van der Waals surface area (Å²) >= 11 is 0. The lowest BCUT2D eigenvalue weighted by Gasteiger charge is -2.37. The Morgan fingerprint density at radius 2 is 1.53 bits per heavy atom. The van der Waals surface area contributed by atoms with Crippen LogP contribution in [0.25, 0.3) is 0 Å². The molecule has 0 aromatic carbocycles. The zero-order valence-electron chi connectivity index (χ0n) is 11.3. The predicted molar refractivity (Wildman–Crippen MR) is 71.3 cm³/mol. The van der Waals surface area contributed by atoms with Gasteiger partial charge in [-0.25, -0.2) is 0 Å². The van der Waals surface area contributed by atoms with Crippen molar-refractivity contribution in [2.45, 2.75) is 25.8 Å². The maximum atomic E-state index is 6.08. The molecule has 5 heteroatoms. The molecule has 0 aromatic rings. The van der Waals surface area contributed by atoms with E-state index in [9.17, 15) is 0 Å². The number of likely N-dealkylation sites (N-methyl/N-ethyl adjacent to an activating group) is 1. The first-order chi connectivity index (χ1) is 8.18. The van der Waals surface area contributed by atoms with Gasteiger partial charge < -0.3 is 18.7 Å². The van der Waals surface area contributed by atoms with E-state index < -0.39 is 8.56 Å². The molecule has 0 saturated carbocycles. The van der Waals surface area contributed by atoms with Crippen molar-refractivity contribution in [3.05, 3.63) is 0 Å². The number of rotatable bonds is 2. The molecule has 0 aromatic heterocycles. The van der Waals surface area contributed by atoms with Gasteiger partial charge in [0.25, 0.3) is 0 Å². The van der Waals surface area contributed by atoms with E-state index in [1.165, 1.54) is 32.4 Å². The van der Waals surface area contributed by atoms with Gasteiger partial charge in [-0.1, -0.05) is 6.42 Å². The van der Waals surface area contributed by atoms with Gasteiger partial charge in [-0.15, -0.1) is 0 Å². The van der Waals surface area contributed by atoms with Crippen LogP contribution < -0.4 is 0 Å². The number of hydrogen-bond acceptors (Lipinski definition) is 4. The Balaban J connectivity index is 1.83. The second-order valence-corrected chi connectivity index (χ2v) is 8.63. The highest BCUT2D eigenvalue weighted by molar-refractivity contribution is 6.66. The van der Waals surface area contributed by atoms with Gasteiger partial charge in [-0.05, 0) is 39.5 Å². The Morgan fingerprint density at radius 3 is 2.12 bits per heavy atom. The van der Waals surface area contributed by atoms with Gasteiger partial charge >= 0.3 is 8.56 Å². The largest absolute Gasteiger partial charge is 0.392 e. The average Bonchev–Trinajstić information content (AvgIpc) is 2.28. The van der Waals surface area contributed by atoms with E-state index in [1.54, 1.807) is 0 Å². The fraction of sp³-hybridized carbons (Fsp3) is 1.00. The molecule has 0 spiro atoms. The Labute approximate surface area is 106 Å². The fourth-order valence-electron chi connectivity index (χ4n) is 2.60. The van der Waals surface area contributed by atoms with Gasteiger partial charge in [0, 0.05) is 32.5 Å². The van der Waals surface area contributed by atoms with Gasteiger partial charge in [-0.3, -0.25) is 0 Å². The van der Waals surface area contributed by atoms with E-state index in [2.05, 4.69) is 23.4 Å². The van der Waals surface area contributed by atoms with E-state index >= 15 is 0 Å². The monoisotopic (exact) mass is 258 g/mol. The highest BCUT2D eigenvalue weighted by Gasteiger charge is 2.35. The van der Waals surface area contributed by atoms with Crippen molar-refractivity contribution in [3.8, 4) is 0 Å². The van der Waals surface area contributed by atoms with Crippen molar-refractivity contribution in [1.29, 1.82) is 0 Å². The van der Waals surface area contributed by atoms with Crippen LogP contribution >= 0.6 is 0 Å². The van der Waals surface area contributed by atoms with Crippen molar-refractivity contribution < 1.29 is 8.85 Å².